The molecule has 0 aliphatic heterocycles. The second-order valence-corrected chi connectivity index (χ2v) is 7.64. The molecule has 4 aromatic heterocycles. The van der Waals surface area contributed by atoms with Gasteiger partial charge in [-0.25, -0.2) is 23.6 Å². The average Bonchev–Trinajstić information content (AvgIpc) is 3.44. The zero-order valence-corrected chi connectivity index (χ0v) is 16.4. The predicted molar refractivity (Wildman–Crippen MR) is 112 cm³/mol. The topological polar surface area (TPSA) is 125 Å². The number of pyridine rings is 1. The molecule has 0 aromatic carbocycles. The minimum atomic E-state index is -0.542. The highest BCUT2D eigenvalue weighted by atomic mass is 32.1. The van der Waals surface area contributed by atoms with E-state index in [0.717, 1.165) is 15.3 Å². The summed E-state index contributed by atoms with van der Waals surface area (Å²) in [5.41, 5.74) is 6.97. The molecule has 0 amide bonds. The van der Waals surface area contributed by atoms with Gasteiger partial charge in [-0.05, 0) is 35.4 Å². The lowest BCUT2D eigenvalue weighted by Gasteiger charge is -2.01. The van der Waals surface area contributed by atoms with Crippen LogP contribution in [0.4, 0.5) is 4.39 Å². The van der Waals surface area contributed by atoms with E-state index >= 15 is 0 Å². The number of rotatable bonds is 7. The van der Waals surface area contributed by atoms with Crippen molar-refractivity contribution in [3.63, 3.8) is 0 Å². The van der Waals surface area contributed by atoms with E-state index in [2.05, 4.69) is 15.1 Å². The number of nitrogens with two attached hydrogens (primary N) is 1. The van der Waals surface area contributed by atoms with Gasteiger partial charge >= 0.3 is 11.4 Å². The van der Waals surface area contributed by atoms with Crippen molar-refractivity contribution in [3.8, 4) is 0 Å². The molecule has 0 bridgehead atoms. The number of halogens is 1. The van der Waals surface area contributed by atoms with Crippen molar-refractivity contribution < 1.29 is 8.81 Å². The normalized spacial score (nSPS) is 12.4. The van der Waals surface area contributed by atoms with Crippen LogP contribution in [0.25, 0.3) is 23.4 Å². The summed E-state index contributed by atoms with van der Waals surface area (Å²) >= 11 is 1.52. The number of aromatic amines is 1. The third kappa shape index (κ3) is 4.21. The number of hydrogen-bond acceptors (Lipinski definition) is 7. The number of H-pyrrole nitrogens is 1. The lowest BCUT2D eigenvalue weighted by Crippen LogP contribution is -2.26. The second kappa shape index (κ2) is 8.43. The molecular formula is C19H17FN6O3S. The maximum Gasteiger partial charge on any atom is 0.418 e. The zero-order valence-electron chi connectivity index (χ0n) is 15.6. The molecule has 9 nitrogen and oxygen atoms in total. The zero-order chi connectivity index (χ0) is 21.1. The van der Waals surface area contributed by atoms with E-state index in [4.69, 9.17) is 10.2 Å². The minimum Gasteiger partial charge on any atom is -0.406 e. The van der Waals surface area contributed by atoms with E-state index in [-0.39, 0.29) is 24.4 Å². The van der Waals surface area contributed by atoms with Crippen LogP contribution in [0.5, 0.6) is 0 Å². The molecular weight excluding hydrogens is 411 g/mol. The number of oxazole rings is 1. The fourth-order valence-corrected chi connectivity index (χ4v) is 3.70. The molecule has 0 saturated heterocycles. The highest BCUT2D eigenvalue weighted by Gasteiger charge is 2.09. The Morgan fingerprint density at radius 3 is 3.00 bits per heavy atom. The summed E-state index contributed by atoms with van der Waals surface area (Å²) in [5, 5.41) is 4.01. The predicted octanol–water partition coefficient (Wildman–Crippen LogP) is 1.97. The standard InChI is InChI=1S/C19H17FN6O3S/c20-6-13(7-21)9-26-19(28)25(11-23-26)10-15-4-3-14(30-15)2-1-12-5-16-17(22-8-12)24-18(27)29-16/h1-6,8,11H,7,9-10,21H2,(H,22,24,27)/b2-1+,13-6+. The number of thiophene rings is 1. The Balaban J connectivity index is 1.46. The molecule has 0 radical (unpaired) electrons. The summed E-state index contributed by atoms with van der Waals surface area (Å²) in [6, 6.07) is 5.58. The molecule has 0 spiro atoms. The summed E-state index contributed by atoms with van der Waals surface area (Å²) in [5.74, 6) is -0.542. The minimum absolute atomic E-state index is 0.0229. The second-order valence-electron chi connectivity index (χ2n) is 6.44. The van der Waals surface area contributed by atoms with Crippen molar-refractivity contribution in [2.24, 2.45) is 5.73 Å². The third-order valence-corrected chi connectivity index (χ3v) is 5.35. The van der Waals surface area contributed by atoms with Crippen molar-refractivity contribution in [1.82, 2.24) is 24.3 Å². The van der Waals surface area contributed by atoms with Gasteiger partial charge in [0, 0.05) is 22.5 Å². The largest absolute Gasteiger partial charge is 0.418 e. The molecule has 3 N–H and O–H groups in total. The van der Waals surface area contributed by atoms with E-state index in [9.17, 15) is 14.0 Å². The van der Waals surface area contributed by atoms with Gasteiger partial charge in [0.05, 0.1) is 19.4 Å². The molecule has 4 rings (SSSR count). The van der Waals surface area contributed by atoms with Crippen LogP contribution < -0.4 is 17.2 Å². The van der Waals surface area contributed by atoms with Gasteiger partial charge < -0.3 is 10.2 Å². The Labute approximate surface area is 172 Å². The lowest BCUT2D eigenvalue weighted by atomic mass is 10.2. The first-order valence-electron chi connectivity index (χ1n) is 8.92. The van der Waals surface area contributed by atoms with Crippen LogP contribution in [-0.4, -0.2) is 30.9 Å². The van der Waals surface area contributed by atoms with E-state index in [0.29, 0.717) is 24.1 Å². The SMILES string of the molecule is NC/C(=C\F)Cn1ncn(Cc2ccc(/C=C/c3cnc4[nH]c(=O)oc4c3)s2)c1=O. The van der Waals surface area contributed by atoms with Gasteiger partial charge in [0.2, 0.25) is 0 Å². The first-order valence-corrected chi connectivity index (χ1v) is 9.73. The first-order chi connectivity index (χ1) is 14.6. The Morgan fingerprint density at radius 2 is 2.20 bits per heavy atom. The van der Waals surface area contributed by atoms with Gasteiger partial charge in [-0.15, -0.1) is 11.3 Å². The fourth-order valence-electron chi connectivity index (χ4n) is 2.78. The number of nitrogens with one attached hydrogen (secondary N) is 1. The van der Waals surface area contributed by atoms with Crippen LogP contribution in [0.15, 0.2) is 56.6 Å². The molecule has 30 heavy (non-hydrogen) atoms. The first kappa shape index (κ1) is 19.7. The van der Waals surface area contributed by atoms with Gasteiger partial charge in [-0.2, -0.15) is 5.10 Å². The summed E-state index contributed by atoms with van der Waals surface area (Å²) < 4.78 is 20.3. The molecule has 154 valence electrons. The fraction of sp³-hybridized carbons (Fsp3) is 0.158. The summed E-state index contributed by atoms with van der Waals surface area (Å²) in [6.45, 7) is 0.405. The Morgan fingerprint density at radius 1 is 1.33 bits per heavy atom. The van der Waals surface area contributed by atoms with Crippen molar-refractivity contribution in [3.05, 3.63) is 79.0 Å². The van der Waals surface area contributed by atoms with Crippen LogP contribution in [0.2, 0.25) is 0 Å². The van der Waals surface area contributed by atoms with Crippen molar-refractivity contribution in [1.29, 1.82) is 0 Å². The molecule has 0 saturated carbocycles. The van der Waals surface area contributed by atoms with Gasteiger partial charge in [0.25, 0.3) is 0 Å². The number of nitrogens with zero attached hydrogens (tertiary/aromatic N) is 4. The quantitative estimate of drug-likeness (QED) is 0.464. The van der Waals surface area contributed by atoms with Crippen LogP contribution >= 0.6 is 11.3 Å². The van der Waals surface area contributed by atoms with Crippen LogP contribution in [-0.2, 0) is 13.1 Å². The average molecular weight is 428 g/mol. The monoisotopic (exact) mass is 428 g/mol. The maximum absolute atomic E-state index is 12.7. The van der Waals surface area contributed by atoms with Crippen LogP contribution in [0.1, 0.15) is 15.3 Å². The third-order valence-electron chi connectivity index (χ3n) is 4.31. The van der Waals surface area contributed by atoms with Gasteiger partial charge in [-0.3, -0.25) is 9.55 Å². The summed E-state index contributed by atoms with van der Waals surface area (Å²) in [6.07, 6.45) is 7.23. The molecule has 0 aliphatic rings. The van der Waals surface area contributed by atoms with Gasteiger partial charge in [0.1, 0.15) is 6.33 Å². The smallest absolute Gasteiger partial charge is 0.406 e. The lowest BCUT2D eigenvalue weighted by molar-refractivity contribution is 0.555. The summed E-state index contributed by atoms with van der Waals surface area (Å²) in [7, 11) is 0. The van der Waals surface area contributed by atoms with E-state index in [1.165, 1.54) is 26.9 Å². The molecule has 0 atom stereocenters. The summed E-state index contributed by atoms with van der Waals surface area (Å²) in [4.78, 5) is 32.2. The highest BCUT2D eigenvalue weighted by Crippen LogP contribution is 2.20. The number of fused-ring (bicyclic) bond motifs is 1. The van der Waals surface area contributed by atoms with Crippen molar-refractivity contribution in [2.45, 2.75) is 13.1 Å². The molecule has 0 aliphatic carbocycles. The molecule has 0 fully saturated rings. The molecule has 11 heteroatoms. The van der Waals surface area contributed by atoms with E-state index in [1.807, 2.05) is 24.3 Å². The van der Waals surface area contributed by atoms with Crippen LogP contribution in [0.3, 0.4) is 0 Å². The molecule has 0 unspecified atom stereocenters. The van der Waals surface area contributed by atoms with Crippen molar-refractivity contribution in [2.75, 3.05) is 6.54 Å². The number of hydrogen-bond donors (Lipinski definition) is 2. The highest BCUT2D eigenvalue weighted by molar-refractivity contribution is 7.12. The van der Waals surface area contributed by atoms with E-state index in [1.54, 1.807) is 12.3 Å². The molecule has 4 aromatic rings. The van der Waals surface area contributed by atoms with Gasteiger partial charge in [0.15, 0.2) is 11.2 Å². The maximum atomic E-state index is 12.7. The Hall–Kier alpha value is -3.57. The molecule has 4 heterocycles. The van der Waals surface area contributed by atoms with Gasteiger partial charge in [-0.1, -0.05) is 6.08 Å². The van der Waals surface area contributed by atoms with Crippen LogP contribution in [0, 0.1) is 0 Å². The number of aromatic nitrogens is 5. The Bertz CT molecular complexity index is 1360. The van der Waals surface area contributed by atoms with Crippen molar-refractivity contribution >= 4 is 34.7 Å². The van der Waals surface area contributed by atoms with E-state index < -0.39 is 5.76 Å². The Kier molecular flexibility index (Phi) is 5.55.